The van der Waals surface area contributed by atoms with Crippen molar-refractivity contribution >= 4 is 45.0 Å². The monoisotopic (exact) mass is 458 g/mol. The van der Waals surface area contributed by atoms with Crippen molar-refractivity contribution in [2.45, 2.75) is 30.4 Å². The molecule has 0 saturated carbocycles. The molecular formula is C19H17Cl2FN2O4S. The van der Waals surface area contributed by atoms with Gasteiger partial charge < -0.3 is 4.74 Å². The third-order valence-corrected chi connectivity index (χ3v) is 7.53. The summed E-state index contributed by atoms with van der Waals surface area (Å²) >= 11 is 11.9. The molecule has 0 unspecified atom stereocenters. The number of amides is 1. The fourth-order valence-electron chi connectivity index (χ4n) is 3.71. The standard InChI is InChI=1S/C19H17Cl2FN2O4S/c20-13-2-4-17-12(9-13)11-28-19(25)24(17)15-5-7-23(8-6-15)29(26,27)18-10-14(21)1-3-16(18)22/h1-4,9-10,15H,5-8,11H2. The zero-order valence-corrected chi connectivity index (χ0v) is 17.5. The van der Waals surface area contributed by atoms with E-state index in [2.05, 4.69) is 0 Å². The lowest BCUT2D eigenvalue weighted by atomic mass is 10.0. The predicted octanol–water partition coefficient (Wildman–Crippen LogP) is 4.44. The second kappa shape index (κ2) is 7.75. The Hall–Kier alpha value is -1.87. The Morgan fingerprint density at radius 1 is 1.03 bits per heavy atom. The largest absolute Gasteiger partial charge is 0.444 e. The maximum absolute atomic E-state index is 14.1. The van der Waals surface area contributed by atoms with Crippen molar-refractivity contribution in [1.29, 1.82) is 0 Å². The van der Waals surface area contributed by atoms with E-state index in [0.29, 0.717) is 23.6 Å². The van der Waals surface area contributed by atoms with E-state index in [0.717, 1.165) is 17.7 Å². The van der Waals surface area contributed by atoms with E-state index in [4.69, 9.17) is 27.9 Å². The van der Waals surface area contributed by atoms with Crippen molar-refractivity contribution in [3.8, 4) is 0 Å². The van der Waals surface area contributed by atoms with Crippen molar-refractivity contribution in [1.82, 2.24) is 4.31 Å². The summed E-state index contributed by atoms with van der Waals surface area (Å²) < 4.78 is 46.3. The van der Waals surface area contributed by atoms with Gasteiger partial charge in [-0.15, -0.1) is 0 Å². The summed E-state index contributed by atoms with van der Waals surface area (Å²) in [6.45, 7) is 0.434. The van der Waals surface area contributed by atoms with Gasteiger partial charge in [-0.25, -0.2) is 17.6 Å². The number of sulfonamides is 1. The highest BCUT2D eigenvalue weighted by molar-refractivity contribution is 7.89. The highest BCUT2D eigenvalue weighted by Gasteiger charge is 2.37. The van der Waals surface area contributed by atoms with Crippen molar-refractivity contribution in [3.63, 3.8) is 0 Å². The average molecular weight is 459 g/mol. The molecule has 0 spiro atoms. The van der Waals surface area contributed by atoms with Crippen LogP contribution in [0.2, 0.25) is 10.0 Å². The first-order chi connectivity index (χ1) is 13.8. The van der Waals surface area contributed by atoms with Crippen LogP contribution in [0, 0.1) is 5.82 Å². The number of piperidine rings is 1. The van der Waals surface area contributed by atoms with Gasteiger partial charge in [-0.3, -0.25) is 4.90 Å². The summed E-state index contributed by atoms with van der Waals surface area (Å²) in [5.41, 5.74) is 1.51. The molecule has 2 aliphatic heterocycles. The van der Waals surface area contributed by atoms with E-state index in [-0.39, 0.29) is 30.8 Å². The van der Waals surface area contributed by atoms with Gasteiger partial charge in [-0.1, -0.05) is 23.2 Å². The van der Waals surface area contributed by atoms with E-state index in [1.54, 1.807) is 23.1 Å². The van der Waals surface area contributed by atoms with Crippen molar-refractivity contribution < 1.29 is 22.3 Å². The van der Waals surface area contributed by atoms with Gasteiger partial charge in [0.15, 0.2) is 0 Å². The normalized spacial score (nSPS) is 18.4. The number of nitrogens with zero attached hydrogens (tertiary/aromatic N) is 2. The molecule has 0 radical (unpaired) electrons. The van der Waals surface area contributed by atoms with Crippen LogP contribution >= 0.6 is 23.2 Å². The molecule has 6 nitrogen and oxygen atoms in total. The molecule has 2 aromatic carbocycles. The number of carbonyl (C=O) groups excluding carboxylic acids is 1. The highest BCUT2D eigenvalue weighted by atomic mass is 35.5. The summed E-state index contributed by atoms with van der Waals surface area (Å²) in [6.07, 6.45) is 0.305. The van der Waals surface area contributed by atoms with Crippen LogP contribution in [-0.4, -0.2) is 37.9 Å². The molecule has 2 aliphatic rings. The van der Waals surface area contributed by atoms with Gasteiger partial charge in [0.05, 0.1) is 5.69 Å². The van der Waals surface area contributed by atoms with Crippen molar-refractivity contribution in [3.05, 3.63) is 57.8 Å². The van der Waals surface area contributed by atoms with Gasteiger partial charge in [0.25, 0.3) is 0 Å². The number of cyclic esters (lactones) is 1. The molecule has 0 bridgehead atoms. The second-order valence-corrected chi connectivity index (χ2v) is 9.69. The number of benzene rings is 2. The first-order valence-electron chi connectivity index (χ1n) is 8.97. The Morgan fingerprint density at radius 3 is 2.41 bits per heavy atom. The van der Waals surface area contributed by atoms with Crippen LogP contribution in [0.5, 0.6) is 0 Å². The average Bonchev–Trinajstić information content (AvgIpc) is 2.70. The molecule has 154 valence electrons. The smallest absolute Gasteiger partial charge is 0.414 e. The molecular weight excluding hydrogens is 442 g/mol. The Labute approximate surface area is 177 Å². The van der Waals surface area contributed by atoms with Gasteiger partial charge in [-0.05, 0) is 49.2 Å². The number of halogens is 3. The van der Waals surface area contributed by atoms with E-state index in [9.17, 15) is 17.6 Å². The molecule has 0 atom stereocenters. The molecule has 0 aromatic heterocycles. The topological polar surface area (TPSA) is 66.9 Å². The van der Waals surface area contributed by atoms with Crippen LogP contribution in [0.4, 0.5) is 14.9 Å². The van der Waals surface area contributed by atoms with E-state index >= 15 is 0 Å². The Bertz CT molecular complexity index is 1070. The minimum absolute atomic E-state index is 0.145. The lowest BCUT2D eigenvalue weighted by molar-refractivity contribution is 0.136. The molecule has 4 rings (SSSR count). The summed E-state index contributed by atoms with van der Waals surface area (Å²) in [7, 11) is -4.03. The van der Waals surface area contributed by atoms with Crippen LogP contribution in [0.25, 0.3) is 0 Å². The first-order valence-corrected chi connectivity index (χ1v) is 11.2. The lowest BCUT2D eigenvalue weighted by Gasteiger charge is -2.39. The number of ether oxygens (including phenoxy) is 1. The van der Waals surface area contributed by atoms with Crippen LogP contribution < -0.4 is 4.90 Å². The third kappa shape index (κ3) is 3.82. The minimum atomic E-state index is -4.03. The quantitative estimate of drug-likeness (QED) is 0.681. The number of hydrogen-bond acceptors (Lipinski definition) is 4. The lowest BCUT2D eigenvalue weighted by Crippen LogP contribution is -2.50. The number of anilines is 1. The third-order valence-electron chi connectivity index (χ3n) is 5.15. The van der Waals surface area contributed by atoms with Crippen LogP contribution in [0.3, 0.4) is 0 Å². The number of fused-ring (bicyclic) bond motifs is 1. The Morgan fingerprint density at radius 2 is 1.69 bits per heavy atom. The van der Waals surface area contributed by atoms with Gasteiger partial charge in [0.1, 0.15) is 17.3 Å². The molecule has 29 heavy (non-hydrogen) atoms. The highest BCUT2D eigenvalue weighted by Crippen LogP contribution is 2.34. The number of hydrogen-bond donors (Lipinski definition) is 0. The summed E-state index contributed by atoms with van der Waals surface area (Å²) in [6, 6.07) is 8.42. The summed E-state index contributed by atoms with van der Waals surface area (Å²) in [4.78, 5) is 13.5. The molecule has 10 heteroatoms. The molecule has 1 fully saturated rings. The van der Waals surface area contributed by atoms with Crippen molar-refractivity contribution in [2.24, 2.45) is 0 Å². The van der Waals surface area contributed by atoms with E-state index in [1.165, 1.54) is 10.4 Å². The van der Waals surface area contributed by atoms with E-state index in [1.807, 2.05) is 0 Å². The van der Waals surface area contributed by atoms with Crippen LogP contribution in [0.15, 0.2) is 41.3 Å². The van der Waals surface area contributed by atoms with Gasteiger partial charge >= 0.3 is 6.09 Å². The van der Waals surface area contributed by atoms with Gasteiger partial charge in [-0.2, -0.15) is 4.31 Å². The van der Waals surface area contributed by atoms with E-state index < -0.39 is 26.8 Å². The van der Waals surface area contributed by atoms with Gasteiger partial charge in [0, 0.05) is 34.7 Å². The maximum atomic E-state index is 14.1. The molecule has 2 heterocycles. The van der Waals surface area contributed by atoms with Gasteiger partial charge in [0.2, 0.25) is 10.0 Å². The summed E-state index contributed by atoms with van der Waals surface area (Å²) in [5, 5.41) is 0.692. The SMILES string of the molecule is O=C1OCc2cc(Cl)ccc2N1C1CCN(S(=O)(=O)c2cc(Cl)ccc2F)CC1. The molecule has 0 aliphatic carbocycles. The fourth-order valence-corrected chi connectivity index (χ4v) is 5.70. The number of carbonyl (C=O) groups is 1. The summed E-state index contributed by atoms with van der Waals surface area (Å²) in [5.74, 6) is -0.845. The van der Waals surface area contributed by atoms with Crippen molar-refractivity contribution in [2.75, 3.05) is 18.0 Å². The molecule has 1 amide bonds. The number of rotatable bonds is 3. The zero-order valence-electron chi connectivity index (χ0n) is 15.1. The predicted molar refractivity (Wildman–Crippen MR) is 107 cm³/mol. The Balaban J connectivity index is 1.54. The molecule has 2 aromatic rings. The molecule has 0 N–H and O–H groups in total. The molecule has 1 saturated heterocycles. The van der Waals surface area contributed by atoms with Crippen LogP contribution in [0.1, 0.15) is 18.4 Å². The van der Waals surface area contributed by atoms with Crippen LogP contribution in [-0.2, 0) is 21.4 Å². The minimum Gasteiger partial charge on any atom is -0.444 e. The first kappa shape index (κ1) is 20.4. The fraction of sp³-hybridized carbons (Fsp3) is 0.316. The maximum Gasteiger partial charge on any atom is 0.414 e. The zero-order chi connectivity index (χ0) is 20.8. The second-order valence-electron chi connectivity index (χ2n) is 6.91. The Kier molecular flexibility index (Phi) is 5.46.